The zero-order valence-corrected chi connectivity index (χ0v) is 13.3. The monoisotopic (exact) mass is 290 g/mol. The Morgan fingerprint density at radius 2 is 1.71 bits per heavy atom. The maximum atomic E-state index is 13.8. The van der Waals surface area contributed by atoms with E-state index >= 15 is 0 Å². The zero-order valence-electron chi connectivity index (χ0n) is 13.3. The Labute approximate surface area is 127 Å². The summed E-state index contributed by atoms with van der Waals surface area (Å²) < 4.78 is 13.8. The van der Waals surface area contributed by atoms with E-state index in [9.17, 15) is 4.39 Å². The minimum Gasteiger partial charge on any atom is -0.383 e. The Kier molecular flexibility index (Phi) is 4.21. The third kappa shape index (κ3) is 2.94. The Bertz CT molecular complexity index is 500. The van der Waals surface area contributed by atoms with Gasteiger partial charge in [0.1, 0.15) is 5.82 Å². The molecule has 0 spiro atoms. The molecule has 0 aliphatic carbocycles. The lowest BCUT2D eigenvalue weighted by molar-refractivity contribution is 0.0219. The van der Waals surface area contributed by atoms with Crippen molar-refractivity contribution in [2.75, 3.05) is 25.0 Å². The molecule has 2 fully saturated rings. The molecule has 2 saturated heterocycles. The topological polar surface area (TPSA) is 15.3 Å². The van der Waals surface area contributed by atoms with Crippen LogP contribution in [-0.2, 0) is 0 Å². The van der Waals surface area contributed by atoms with Crippen molar-refractivity contribution < 1.29 is 4.39 Å². The number of hydrogen-bond donors (Lipinski definition) is 1. The van der Waals surface area contributed by atoms with Gasteiger partial charge >= 0.3 is 0 Å². The number of anilines is 1. The molecule has 2 aliphatic rings. The number of rotatable bonds is 3. The van der Waals surface area contributed by atoms with E-state index < -0.39 is 0 Å². The van der Waals surface area contributed by atoms with E-state index in [0.717, 1.165) is 23.4 Å². The molecule has 21 heavy (non-hydrogen) atoms. The molecule has 116 valence electrons. The van der Waals surface area contributed by atoms with E-state index in [2.05, 4.69) is 17.1 Å². The molecule has 2 heterocycles. The van der Waals surface area contributed by atoms with Gasteiger partial charge in [-0.1, -0.05) is 18.9 Å². The van der Waals surface area contributed by atoms with Crippen LogP contribution in [0, 0.1) is 19.7 Å². The molecule has 3 rings (SSSR count). The predicted octanol–water partition coefficient (Wildman–Crippen LogP) is 4.26. The molecule has 2 nitrogen and oxygen atoms in total. The summed E-state index contributed by atoms with van der Waals surface area (Å²) in [7, 11) is 0. The molecule has 1 aromatic rings. The lowest BCUT2D eigenvalue weighted by Gasteiger charge is -2.50. The van der Waals surface area contributed by atoms with Gasteiger partial charge in [0.2, 0.25) is 0 Å². The first-order chi connectivity index (χ1) is 10.1. The summed E-state index contributed by atoms with van der Waals surface area (Å²) in [6.07, 6.45) is 7.90. The van der Waals surface area contributed by atoms with Crippen LogP contribution in [0.1, 0.15) is 49.7 Å². The smallest absolute Gasteiger partial charge is 0.128 e. The van der Waals surface area contributed by atoms with Crippen LogP contribution in [0.2, 0.25) is 0 Å². The molecule has 0 saturated carbocycles. The number of piperidine rings is 2. The number of hydrogen-bond acceptors (Lipinski definition) is 2. The fraction of sp³-hybridized carbons (Fsp3) is 0.667. The van der Waals surface area contributed by atoms with Gasteiger partial charge in [-0.25, -0.2) is 4.39 Å². The highest BCUT2D eigenvalue weighted by Crippen LogP contribution is 2.37. The van der Waals surface area contributed by atoms with E-state index in [-0.39, 0.29) is 5.82 Å². The second-order valence-corrected chi connectivity index (χ2v) is 6.90. The van der Waals surface area contributed by atoms with Gasteiger partial charge in [-0.2, -0.15) is 0 Å². The van der Waals surface area contributed by atoms with Crippen molar-refractivity contribution in [1.29, 1.82) is 0 Å². The average molecular weight is 290 g/mol. The lowest BCUT2D eigenvalue weighted by Crippen LogP contribution is -2.58. The quantitative estimate of drug-likeness (QED) is 0.894. The summed E-state index contributed by atoms with van der Waals surface area (Å²) in [5.74, 6) is -0.107. The number of benzene rings is 1. The molecule has 0 bridgehead atoms. The first kappa shape index (κ1) is 14.8. The van der Waals surface area contributed by atoms with Crippen molar-refractivity contribution in [2.24, 2.45) is 0 Å². The van der Waals surface area contributed by atoms with Crippen molar-refractivity contribution >= 4 is 5.69 Å². The van der Waals surface area contributed by atoms with Gasteiger partial charge in [-0.15, -0.1) is 0 Å². The van der Waals surface area contributed by atoms with Gasteiger partial charge in [0.05, 0.1) is 0 Å². The molecule has 0 aromatic heterocycles. The van der Waals surface area contributed by atoms with Crippen LogP contribution >= 0.6 is 0 Å². The van der Waals surface area contributed by atoms with Gasteiger partial charge < -0.3 is 5.32 Å². The predicted molar refractivity (Wildman–Crippen MR) is 86.4 cm³/mol. The third-order valence-corrected chi connectivity index (χ3v) is 5.42. The molecule has 1 aromatic carbocycles. The van der Waals surface area contributed by atoms with Crippen molar-refractivity contribution in [3.05, 3.63) is 29.1 Å². The molecular weight excluding hydrogens is 263 g/mol. The largest absolute Gasteiger partial charge is 0.383 e. The number of aryl methyl sites for hydroxylation is 2. The van der Waals surface area contributed by atoms with Crippen molar-refractivity contribution in [1.82, 2.24) is 4.90 Å². The summed E-state index contributed by atoms with van der Waals surface area (Å²) in [6.45, 7) is 7.32. The molecule has 2 aliphatic heterocycles. The standard InChI is InChI=1S/C18H27FN2/c1-14-11-15(2)17(12-16(14)19)20-13-18-7-3-5-9-21(18)10-6-4-8-18/h11-12,20H,3-10,13H2,1-2H3. The Balaban J connectivity index is 1.75. The van der Waals surface area contributed by atoms with Crippen LogP contribution in [0.3, 0.4) is 0 Å². The second kappa shape index (κ2) is 5.96. The van der Waals surface area contributed by atoms with Crippen LogP contribution in [0.25, 0.3) is 0 Å². The number of halogens is 1. The number of fused-ring (bicyclic) bond motifs is 1. The molecule has 0 unspecified atom stereocenters. The average Bonchev–Trinajstić information content (AvgIpc) is 2.49. The van der Waals surface area contributed by atoms with Gasteiger partial charge in [0.25, 0.3) is 0 Å². The summed E-state index contributed by atoms with van der Waals surface area (Å²) in [5, 5.41) is 3.56. The Morgan fingerprint density at radius 3 is 2.38 bits per heavy atom. The number of nitrogens with one attached hydrogen (secondary N) is 1. The summed E-state index contributed by atoms with van der Waals surface area (Å²) in [5.41, 5.74) is 3.14. The summed E-state index contributed by atoms with van der Waals surface area (Å²) >= 11 is 0. The van der Waals surface area contributed by atoms with E-state index in [1.54, 1.807) is 6.07 Å². The molecule has 3 heteroatoms. The first-order valence-corrected chi connectivity index (χ1v) is 8.36. The van der Waals surface area contributed by atoms with Crippen LogP contribution in [0.15, 0.2) is 12.1 Å². The summed E-state index contributed by atoms with van der Waals surface area (Å²) in [4.78, 5) is 2.69. The van der Waals surface area contributed by atoms with E-state index in [1.807, 2.05) is 13.0 Å². The highest BCUT2D eigenvalue weighted by atomic mass is 19.1. The van der Waals surface area contributed by atoms with Crippen molar-refractivity contribution in [2.45, 2.75) is 57.9 Å². The molecule has 1 N–H and O–H groups in total. The van der Waals surface area contributed by atoms with Crippen molar-refractivity contribution in [3.63, 3.8) is 0 Å². The minimum absolute atomic E-state index is 0.107. The van der Waals surface area contributed by atoms with Crippen molar-refractivity contribution in [3.8, 4) is 0 Å². The first-order valence-electron chi connectivity index (χ1n) is 8.36. The normalized spacial score (nSPS) is 21.9. The zero-order chi connectivity index (χ0) is 14.9. The van der Waals surface area contributed by atoms with E-state index in [0.29, 0.717) is 5.54 Å². The fourth-order valence-electron chi connectivity index (χ4n) is 4.11. The Hall–Kier alpha value is -1.09. The Morgan fingerprint density at radius 1 is 1.05 bits per heavy atom. The van der Waals surface area contributed by atoms with Crippen LogP contribution < -0.4 is 5.32 Å². The van der Waals surface area contributed by atoms with Gasteiger partial charge in [0, 0.05) is 17.8 Å². The molecule has 0 radical (unpaired) electrons. The maximum absolute atomic E-state index is 13.8. The van der Waals surface area contributed by atoms with Gasteiger partial charge in [-0.05, 0) is 69.8 Å². The SMILES string of the molecule is Cc1cc(C)c(NCC23CCCCN2CCCC3)cc1F. The highest BCUT2D eigenvalue weighted by Gasteiger charge is 2.40. The fourth-order valence-corrected chi connectivity index (χ4v) is 4.11. The lowest BCUT2D eigenvalue weighted by atomic mass is 9.79. The molecule has 0 amide bonds. The van der Waals surface area contributed by atoms with Crippen LogP contribution in [0.4, 0.5) is 10.1 Å². The third-order valence-electron chi connectivity index (χ3n) is 5.42. The molecular formula is C18H27FN2. The maximum Gasteiger partial charge on any atom is 0.128 e. The second-order valence-electron chi connectivity index (χ2n) is 6.90. The van der Waals surface area contributed by atoms with E-state index in [4.69, 9.17) is 0 Å². The summed E-state index contributed by atoms with van der Waals surface area (Å²) in [6, 6.07) is 3.60. The van der Waals surface area contributed by atoms with E-state index in [1.165, 1.54) is 51.6 Å². The van der Waals surface area contributed by atoms with Crippen LogP contribution in [-0.4, -0.2) is 30.1 Å². The molecule has 0 atom stereocenters. The van der Waals surface area contributed by atoms with Gasteiger partial charge in [0.15, 0.2) is 0 Å². The minimum atomic E-state index is -0.107. The van der Waals surface area contributed by atoms with Gasteiger partial charge in [-0.3, -0.25) is 4.90 Å². The highest BCUT2D eigenvalue weighted by molar-refractivity contribution is 5.52. The van der Waals surface area contributed by atoms with Crippen LogP contribution in [0.5, 0.6) is 0 Å². The number of nitrogens with zero attached hydrogens (tertiary/aromatic N) is 1.